The van der Waals surface area contributed by atoms with Crippen LogP contribution in [0.4, 0.5) is 0 Å². The van der Waals surface area contributed by atoms with Gasteiger partial charge in [-0.3, -0.25) is 9.36 Å². The van der Waals surface area contributed by atoms with Crippen LogP contribution in [0.3, 0.4) is 0 Å². The molecule has 0 aliphatic rings. The van der Waals surface area contributed by atoms with Crippen LogP contribution in [0, 0.1) is 6.92 Å². The summed E-state index contributed by atoms with van der Waals surface area (Å²) in [5, 5.41) is 1.29. The monoisotopic (exact) mass is 342 g/mol. The van der Waals surface area contributed by atoms with E-state index in [1.807, 2.05) is 0 Å². The van der Waals surface area contributed by atoms with E-state index in [1.165, 1.54) is 0 Å². The van der Waals surface area contributed by atoms with Crippen molar-refractivity contribution in [3.8, 4) is 5.75 Å². The molecule has 1 aromatic heterocycles. The lowest BCUT2D eigenvalue weighted by Gasteiger charge is -2.08. The minimum absolute atomic E-state index is 0.0591. The lowest BCUT2D eigenvalue weighted by atomic mass is 10.1. The third kappa shape index (κ3) is 2.69. The van der Waals surface area contributed by atoms with Crippen LogP contribution in [-0.4, -0.2) is 23.8 Å². The van der Waals surface area contributed by atoms with Gasteiger partial charge in [-0.25, -0.2) is 0 Å². The Labute approximate surface area is 146 Å². The number of nitrogens with zero attached hydrogens (tertiary/aromatic N) is 1. The van der Waals surface area contributed by atoms with Crippen molar-refractivity contribution in [2.24, 2.45) is 0 Å². The van der Waals surface area contributed by atoms with Crippen LogP contribution in [-0.2, 0) is 11.2 Å². The summed E-state index contributed by atoms with van der Waals surface area (Å²) in [4.78, 5) is 24.4. The molecular weight excluding hydrogens is 326 g/mol. The lowest BCUT2D eigenvalue weighted by Crippen LogP contribution is -2.13. The number of carbonyl (C=O) groups is 2. The highest BCUT2D eigenvalue weighted by Gasteiger charge is 2.20. The second kappa shape index (κ2) is 6.49. The van der Waals surface area contributed by atoms with Crippen molar-refractivity contribution in [3.05, 3.63) is 64.3 Å². The highest BCUT2D eigenvalue weighted by Crippen LogP contribution is 2.30. The fourth-order valence-electron chi connectivity index (χ4n) is 2.87. The SMILES string of the molecule is [2H]C(=O)Cc1c(C)n(C(=O)c2ccc(Cl)cc2)c2ccc(OC)cc12. The van der Waals surface area contributed by atoms with Crippen LogP contribution in [0.2, 0.25) is 5.02 Å². The second-order valence-corrected chi connectivity index (χ2v) is 5.85. The summed E-state index contributed by atoms with van der Waals surface area (Å²) >= 11 is 5.89. The zero-order chi connectivity index (χ0) is 18.1. The topological polar surface area (TPSA) is 48.3 Å². The molecule has 3 aromatic rings. The molecule has 0 N–H and O–H groups in total. The molecule has 0 radical (unpaired) electrons. The standard InChI is InChI=1S/C19H16ClNO3/c1-12-16(9-10-22)17-11-15(24-2)7-8-18(17)21(12)19(23)13-3-5-14(20)6-4-13/h3-8,10-11H,9H2,1-2H3/i10D. The van der Waals surface area contributed by atoms with Gasteiger partial charge in [0, 0.05) is 28.1 Å². The van der Waals surface area contributed by atoms with Crippen molar-refractivity contribution in [1.82, 2.24) is 4.57 Å². The number of halogens is 1. The minimum Gasteiger partial charge on any atom is -0.497 e. The van der Waals surface area contributed by atoms with Crippen LogP contribution < -0.4 is 4.74 Å². The van der Waals surface area contributed by atoms with Crippen LogP contribution in [0.15, 0.2) is 42.5 Å². The predicted molar refractivity (Wildman–Crippen MR) is 94.2 cm³/mol. The van der Waals surface area contributed by atoms with E-state index in [-0.39, 0.29) is 12.3 Å². The number of aldehydes is 1. The molecule has 0 aliphatic carbocycles. The fraction of sp³-hybridized carbons (Fsp3) is 0.158. The van der Waals surface area contributed by atoms with Crippen molar-refractivity contribution in [3.63, 3.8) is 0 Å². The molecule has 2 aromatic carbocycles. The molecule has 122 valence electrons. The molecule has 0 saturated carbocycles. The number of rotatable bonds is 4. The minimum atomic E-state index is -0.705. The highest BCUT2D eigenvalue weighted by molar-refractivity contribution is 6.30. The molecule has 0 unspecified atom stereocenters. The van der Waals surface area contributed by atoms with Gasteiger partial charge in [0.2, 0.25) is 0 Å². The first kappa shape index (κ1) is 15.0. The summed E-state index contributed by atoms with van der Waals surface area (Å²) in [5.74, 6) is 0.412. The summed E-state index contributed by atoms with van der Waals surface area (Å²) in [5.41, 5.74) is 2.47. The molecule has 4 nitrogen and oxygen atoms in total. The first-order valence-electron chi connectivity index (χ1n) is 7.90. The highest BCUT2D eigenvalue weighted by atomic mass is 35.5. The van der Waals surface area contributed by atoms with E-state index < -0.39 is 6.26 Å². The number of ether oxygens (including phenoxy) is 1. The van der Waals surface area contributed by atoms with Gasteiger partial charge < -0.3 is 9.53 Å². The average molecular weight is 343 g/mol. The molecule has 0 aliphatic heterocycles. The van der Waals surface area contributed by atoms with Gasteiger partial charge in [0.15, 0.2) is 0 Å². The maximum atomic E-state index is 13.0. The number of carbonyl (C=O) groups excluding carboxylic acids is 2. The first-order chi connectivity index (χ1) is 11.9. The molecule has 5 heteroatoms. The number of aromatic nitrogens is 1. The number of benzene rings is 2. The van der Waals surface area contributed by atoms with Crippen molar-refractivity contribution in [2.45, 2.75) is 13.3 Å². The van der Waals surface area contributed by atoms with E-state index in [0.717, 1.165) is 5.39 Å². The Morgan fingerprint density at radius 2 is 2.00 bits per heavy atom. The Balaban J connectivity index is 2.23. The van der Waals surface area contributed by atoms with Gasteiger partial charge in [-0.2, -0.15) is 0 Å². The Morgan fingerprint density at radius 3 is 2.62 bits per heavy atom. The van der Waals surface area contributed by atoms with Crippen LogP contribution in [0.5, 0.6) is 5.75 Å². The molecule has 0 fully saturated rings. The summed E-state index contributed by atoms with van der Waals surface area (Å²) in [6.45, 7) is 1.78. The molecule has 0 atom stereocenters. The fourth-order valence-corrected chi connectivity index (χ4v) is 2.99. The second-order valence-electron chi connectivity index (χ2n) is 5.42. The molecule has 0 amide bonds. The van der Waals surface area contributed by atoms with Crippen molar-refractivity contribution >= 4 is 34.7 Å². The quantitative estimate of drug-likeness (QED) is 0.672. The van der Waals surface area contributed by atoms with Gasteiger partial charge in [-0.15, -0.1) is 0 Å². The number of hydrogen-bond acceptors (Lipinski definition) is 3. The van der Waals surface area contributed by atoms with Crippen molar-refractivity contribution in [1.29, 1.82) is 0 Å². The van der Waals surface area contributed by atoms with E-state index in [9.17, 15) is 9.59 Å². The van der Waals surface area contributed by atoms with E-state index in [4.69, 9.17) is 17.7 Å². The molecule has 0 saturated heterocycles. The van der Waals surface area contributed by atoms with Crippen LogP contribution in [0.1, 0.15) is 23.0 Å². The Morgan fingerprint density at radius 1 is 1.29 bits per heavy atom. The van der Waals surface area contributed by atoms with Gasteiger partial charge in [0.1, 0.15) is 13.4 Å². The largest absolute Gasteiger partial charge is 0.497 e. The molecule has 0 bridgehead atoms. The Hall–Kier alpha value is -2.59. The number of methoxy groups -OCH3 is 1. The summed E-state index contributed by atoms with van der Waals surface area (Å²) in [6.07, 6.45) is -0.764. The maximum Gasteiger partial charge on any atom is 0.262 e. The molecular formula is C19H16ClNO3. The van der Waals surface area contributed by atoms with Gasteiger partial charge in [0.25, 0.3) is 5.91 Å². The zero-order valence-electron chi connectivity index (χ0n) is 14.3. The summed E-state index contributed by atoms with van der Waals surface area (Å²) in [6, 6.07) is 12.0. The molecule has 24 heavy (non-hydrogen) atoms. The predicted octanol–water partition coefficient (Wildman–Crippen LogP) is 4.04. The van der Waals surface area contributed by atoms with Crippen molar-refractivity contribution < 1.29 is 15.7 Å². The third-order valence-electron chi connectivity index (χ3n) is 4.09. The average Bonchev–Trinajstić information content (AvgIpc) is 2.86. The normalized spacial score (nSPS) is 11.4. The lowest BCUT2D eigenvalue weighted by molar-refractivity contribution is -0.107. The number of fused-ring (bicyclic) bond motifs is 1. The van der Waals surface area contributed by atoms with E-state index in [2.05, 4.69) is 0 Å². The van der Waals surface area contributed by atoms with Crippen LogP contribution >= 0.6 is 11.6 Å². The maximum absolute atomic E-state index is 13.0. The molecule has 0 spiro atoms. The molecule has 3 rings (SSSR count). The zero-order valence-corrected chi connectivity index (χ0v) is 14.1. The smallest absolute Gasteiger partial charge is 0.262 e. The summed E-state index contributed by atoms with van der Waals surface area (Å²) in [7, 11) is 1.55. The number of hydrogen-bond donors (Lipinski definition) is 0. The van der Waals surface area contributed by atoms with Crippen LogP contribution in [0.25, 0.3) is 10.9 Å². The first-order valence-corrected chi connectivity index (χ1v) is 7.77. The van der Waals surface area contributed by atoms with Gasteiger partial charge in [-0.05, 0) is 55.0 Å². The van der Waals surface area contributed by atoms with E-state index in [1.54, 1.807) is 61.1 Å². The third-order valence-corrected chi connectivity index (χ3v) is 4.34. The van der Waals surface area contributed by atoms with Gasteiger partial charge in [-0.1, -0.05) is 11.6 Å². The van der Waals surface area contributed by atoms with Gasteiger partial charge >= 0.3 is 0 Å². The Bertz CT molecular complexity index is 976. The summed E-state index contributed by atoms with van der Waals surface area (Å²) < 4.78 is 14.1. The van der Waals surface area contributed by atoms with Crippen molar-refractivity contribution in [2.75, 3.05) is 7.11 Å². The Kier molecular flexibility index (Phi) is 4.05. The van der Waals surface area contributed by atoms with E-state index in [0.29, 0.717) is 33.1 Å². The molecule has 1 heterocycles. The van der Waals surface area contributed by atoms with Gasteiger partial charge in [0.05, 0.1) is 12.6 Å². The van der Waals surface area contributed by atoms with E-state index >= 15 is 0 Å².